The zero-order valence-corrected chi connectivity index (χ0v) is 15.6. The summed E-state index contributed by atoms with van der Waals surface area (Å²) in [7, 11) is -1.34. The van der Waals surface area contributed by atoms with E-state index >= 15 is 0 Å². The van der Waals surface area contributed by atoms with Gasteiger partial charge in [0, 0.05) is 46.0 Å². The molecule has 1 aliphatic rings. The molecular formula is C15H27N5O3S. The highest BCUT2D eigenvalue weighted by atomic mass is 32.2. The highest BCUT2D eigenvalue weighted by Gasteiger charge is 2.29. The fourth-order valence-electron chi connectivity index (χ4n) is 2.45. The van der Waals surface area contributed by atoms with Crippen LogP contribution in [0.25, 0.3) is 0 Å². The Kier molecular flexibility index (Phi) is 5.42. The Hall–Kier alpha value is -1.77. The first-order chi connectivity index (χ1) is 11.1. The average Bonchev–Trinajstić information content (AvgIpc) is 2.92. The van der Waals surface area contributed by atoms with Gasteiger partial charge < -0.3 is 15.1 Å². The van der Waals surface area contributed by atoms with Crippen LogP contribution in [0.15, 0.2) is 12.4 Å². The Bertz CT molecular complexity index is 670. The smallest absolute Gasteiger partial charge is 0.317 e. The minimum absolute atomic E-state index is 0.0438. The van der Waals surface area contributed by atoms with Gasteiger partial charge in [0.05, 0.1) is 22.4 Å². The number of hydrogen-bond donors (Lipinski definition) is 1. The third-order valence-corrected chi connectivity index (χ3v) is 6.81. The predicted octanol–water partition coefficient (Wildman–Crippen LogP) is 0.465. The molecule has 0 unspecified atom stereocenters. The minimum atomic E-state index is -3.22. The number of sulfone groups is 1. The van der Waals surface area contributed by atoms with Crippen LogP contribution in [-0.2, 0) is 16.9 Å². The molecule has 0 aliphatic carbocycles. The second kappa shape index (κ2) is 7.00. The first-order valence-corrected chi connectivity index (χ1v) is 9.74. The van der Waals surface area contributed by atoms with E-state index in [0.29, 0.717) is 13.1 Å². The molecule has 9 heteroatoms. The number of piperazine rings is 1. The summed E-state index contributed by atoms with van der Waals surface area (Å²) in [6.07, 6.45) is 3.76. The van der Waals surface area contributed by atoms with Gasteiger partial charge in [-0.2, -0.15) is 5.10 Å². The Balaban J connectivity index is 1.77. The number of carbonyl (C=O) groups is 1. The van der Waals surface area contributed by atoms with Crippen molar-refractivity contribution in [1.82, 2.24) is 20.0 Å². The molecule has 0 bridgehead atoms. The van der Waals surface area contributed by atoms with Crippen LogP contribution in [0.1, 0.15) is 20.8 Å². The number of anilines is 1. The van der Waals surface area contributed by atoms with Gasteiger partial charge in [-0.25, -0.2) is 13.2 Å². The Morgan fingerprint density at radius 2 is 1.88 bits per heavy atom. The normalized spacial score (nSPS) is 16.3. The second-order valence-electron chi connectivity index (χ2n) is 7.01. The van der Waals surface area contributed by atoms with Gasteiger partial charge in [0.1, 0.15) is 0 Å². The van der Waals surface area contributed by atoms with Crippen LogP contribution in [0.2, 0.25) is 0 Å². The molecule has 1 aromatic rings. The van der Waals surface area contributed by atoms with E-state index in [0.717, 1.165) is 18.8 Å². The number of rotatable bonds is 4. The van der Waals surface area contributed by atoms with E-state index in [1.54, 1.807) is 30.4 Å². The lowest BCUT2D eigenvalue weighted by Gasteiger charge is -2.35. The number of amides is 2. The molecule has 1 fully saturated rings. The highest BCUT2D eigenvalue weighted by Crippen LogP contribution is 2.16. The number of hydrogen-bond acceptors (Lipinski definition) is 5. The molecule has 0 saturated carbocycles. The number of nitrogens with zero attached hydrogens (tertiary/aromatic N) is 4. The number of aryl methyl sites for hydroxylation is 1. The van der Waals surface area contributed by atoms with E-state index < -0.39 is 14.6 Å². The molecule has 0 spiro atoms. The van der Waals surface area contributed by atoms with Gasteiger partial charge in [0.15, 0.2) is 9.84 Å². The first-order valence-electron chi connectivity index (χ1n) is 8.09. The van der Waals surface area contributed by atoms with Crippen LogP contribution in [0.4, 0.5) is 10.5 Å². The summed E-state index contributed by atoms with van der Waals surface area (Å²) in [5, 5.41) is 6.87. The SMILES string of the molecule is Cn1cc(N2CCN(C(=O)NCCS(=O)(=O)C(C)(C)C)CC2)cn1. The first kappa shape index (κ1) is 18.6. The number of urea groups is 1. The zero-order chi connectivity index (χ0) is 18.0. The molecule has 1 aliphatic heterocycles. The molecule has 0 radical (unpaired) electrons. The Labute approximate surface area is 143 Å². The summed E-state index contributed by atoms with van der Waals surface area (Å²) in [5.41, 5.74) is 1.05. The third-order valence-electron chi connectivity index (χ3n) is 4.20. The third kappa shape index (κ3) is 4.40. The number of nitrogens with one attached hydrogen (secondary N) is 1. The summed E-state index contributed by atoms with van der Waals surface area (Å²) in [6, 6.07) is -0.204. The molecule has 24 heavy (non-hydrogen) atoms. The predicted molar refractivity (Wildman–Crippen MR) is 93.9 cm³/mol. The van der Waals surface area contributed by atoms with Crippen LogP contribution < -0.4 is 10.2 Å². The van der Waals surface area contributed by atoms with Gasteiger partial charge in [-0.05, 0) is 20.8 Å². The zero-order valence-electron chi connectivity index (χ0n) is 14.8. The second-order valence-corrected chi connectivity index (χ2v) is 9.87. The van der Waals surface area contributed by atoms with E-state index in [2.05, 4.69) is 15.3 Å². The molecular weight excluding hydrogens is 330 g/mol. The van der Waals surface area contributed by atoms with Crippen molar-refractivity contribution in [2.75, 3.05) is 43.4 Å². The van der Waals surface area contributed by atoms with E-state index in [1.807, 2.05) is 19.4 Å². The monoisotopic (exact) mass is 357 g/mol. The topological polar surface area (TPSA) is 87.5 Å². The van der Waals surface area contributed by atoms with Gasteiger partial charge in [-0.3, -0.25) is 4.68 Å². The minimum Gasteiger partial charge on any atom is -0.365 e. The standard InChI is InChI=1S/C15H27N5O3S/c1-15(2,3)24(22,23)10-5-16-14(21)20-8-6-19(7-9-20)13-11-17-18(4)12-13/h11-12H,5-10H2,1-4H3,(H,16,21). The fourth-order valence-corrected chi connectivity index (χ4v) is 3.43. The lowest BCUT2D eigenvalue weighted by molar-refractivity contribution is 0.195. The van der Waals surface area contributed by atoms with Crippen LogP contribution >= 0.6 is 0 Å². The number of aromatic nitrogens is 2. The fraction of sp³-hybridized carbons (Fsp3) is 0.733. The summed E-state index contributed by atoms with van der Waals surface area (Å²) in [4.78, 5) is 16.1. The van der Waals surface area contributed by atoms with Crippen LogP contribution in [0, 0.1) is 0 Å². The maximum atomic E-state index is 12.2. The van der Waals surface area contributed by atoms with E-state index in [-0.39, 0.29) is 18.3 Å². The summed E-state index contributed by atoms with van der Waals surface area (Å²) in [5.74, 6) is -0.0438. The van der Waals surface area contributed by atoms with Crippen molar-refractivity contribution in [2.24, 2.45) is 7.05 Å². The van der Waals surface area contributed by atoms with E-state index in [4.69, 9.17) is 0 Å². The summed E-state index contributed by atoms with van der Waals surface area (Å²) < 4.78 is 25.0. The Morgan fingerprint density at radius 1 is 1.25 bits per heavy atom. The van der Waals surface area contributed by atoms with Gasteiger partial charge >= 0.3 is 6.03 Å². The Morgan fingerprint density at radius 3 is 2.38 bits per heavy atom. The summed E-state index contributed by atoms with van der Waals surface area (Å²) in [6.45, 7) is 7.82. The van der Waals surface area contributed by atoms with Crippen molar-refractivity contribution >= 4 is 21.6 Å². The molecule has 1 N–H and O–H groups in total. The molecule has 0 atom stereocenters. The van der Waals surface area contributed by atoms with Gasteiger partial charge in [0.2, 0.25) is 0 Å². The van der Waals surface area contributed by atoms with Gasteiger partial charge in [-0.15, -0.1) is 0 Å². The maximum absolute atomic E-state index is 12.2. The molecule has 0 aromatic carbocycles. The van der Waals surface area contributed by atoms with Crippen LogP contribution in [0.5, 0.6) is 0 Å². The van der Waals surface area contributed by atoms with Crippen molar-refractivity contribution in [3.8, 4) is 0 Å². The van der Waals surface area contributed by atoms with Crippen molar-refractivity contribution in [3.63, 3.8) is 0 Å². The lowest BCUT2D eigenvalue weighted by atomic mass is 10.3. The number of carbonyl (C=O) groups excluding carboxylic acids is 1. The van der Waals surface area contributed by atoms with Crippen molar-refractivity contribution in [2.45, 2.75) is 25.5 Å². The molecule has 136 valence electrons. The molecule has 2 rings (SSSR count). The van der Waals surface area contributed by atoms with E-state index in [1.165, 1.54) is 0 Å². The van der Waals surface area contributed by atoms with Crippen molar-refractivity contribution in [3.05, 3.63) is 12.4 Å². The van der Waals surface area contributed by atoms with Crippen LogP contribution in [-0.4, -0.2) is 72.4 Å². The van der Waals surface area contributed by atoms with Gasteiger partial charge in [0.25, 0.3) is 0 Å². The quantitative estimate of drug-likeness (QED) is 0.846. The average molecular weight is 357 g/mol. The lowest BCUT2D eigenvalue weighted by Crippen LogP contribution is -2.52. The van der Waals surface area contributed by atoms with Crippen LogP contribution in [0.3, 0.4) is 0 Å². The molecule has 8 nitrogen and oxygen atoms in total. The molecule has 1 aromatic heterocycles. The molecule has 2 amide bonds. The largest absolute Gasteiger partial charge is 0.365 e. The maximum Gasteiger partial charge on any atom is 0.317 e. The highest BCUT2D eigenvalue weighted by molar-refractivity contribution is 7.92. The van der Waals surface area contributed by atoms with Crippen molar-refractivity contribution in [1.29, 1.82) is 0 Å². The molecule has 2 heterocycles. The van der Waals surface area contributed by atoms with Gasteiger partial charge in [-0.1, -0.05) is 0 Å². The summed E-state index contributed by atoms with van der Waals surface area (Å²) >= 11 is 0. The molecule has 1 saturated heterocycles. The van der Waals surface area contributed by atoms with Crippen molar-refractivity contribution < 1.29 is 13.2 Å². The van der Waals surface area contributed by atoms with E-state index in [9.17, 15) is 13.2 Å².